The number of nitrogens with two attached hydrogens (primary N) is 1. The Balaban J connectivity index is 1.13. The highest BCUT2D eigenvalue weighted by molar-refractivity contribution is 8.02. The Morgan fingerprint density at radius 3 is 1.92 bits per heavy atom. The van der Waals surface area contributed by atoms with Crippen LogP contribution in [0.4, 0.5) is 17.1 Å². The van der Waals surface area contributed by atoms with Crippen molar-refractivity contribution in [2.24, 2.45) is 0 Å². The van der Waals surface area contributed by atoms with E-state index in [-0.39, 0.29) is 23.3 Å². The molecule has 7 nitrogen and oxygen atoms in total. The van der Waals surface area contributed by atoms with Crippen molar-refractivity contribution in [2.75, 3.05) is 27.9 Å². The zero-order valence-corrected chi connectivity index (χ0v) is 24.0. The fourth-order valence-corrected chi connectivity index (χ4v) is 7.45. The number of anilines is 3. The highest BCUT2D eigenvalue weighted by Gasteiger charge is 2.12. The number of hydrogen-bond donors (Lipinski definition) is 3. The van der Waals surface area contributed by atoms with Crippen molar-refractivity contribution in [1.29, 1.82) is 0 Å². The summed E-state index contributed by atoms with van der Waals surface area (Å²) in [6, 6.07) is 19.2. The van der Waals surface area contributed by atoms with Gasteiger partial charge in [0.2, 0.25) is 11.8 Å². The van der Waals surface area contributed by atoms with Gasteiger partial charge in [-0.15, -0.1) is 22.7 Å². The number of carbonyl (C=O) groups excluding carboxylic acids is 2. The second kappa shape index (κ2) is 11.7. The standard InChI is InChI=1S/C27H25N5O2S4/c1-15(2)16-3-6-18(7-4-16)29-24(33)13-35-27-32-21-10-8-19(12-23(21)38-27)30-25(34)14-36-26-31-20-9-5-17(28)11-22(20)37-26/h3-12,15H,13-14,28H2,1-2H3,(H,29,33)(H,30,34). The summed E-state index contributed by atoms with van der Waals surface area (Å²) < 4.78 is 3.60. The van der Waals surface area contributed by atoms with E-state index in [1.165, 1.54) is 51.8 Å². The van der Waals surface area contributed by atoms with E-state index < -0.39 is 0 Å². The summed E-state index contributed by atoms with van der Waals surface area (Å²) >= 11 is 5.83. The zero-order chi connectivity index (χ0) is 26.6. The smallest absolute Gasteiger partial charge is 0.234 e. The number of rotatable bonds is 9. The van der Waals surface area contributed by atoms with Crippen molar-refractivity contribution in [3.05, 3.63) is 66.2 Å². The molecule has 5 rings (SSSR count). The third-order valence-electron chi connectivity index (χ3n) is 5.56. The molecule has 11 heteroatoms. The zero-order valence-electron chi connectivity index (χ0n) is 20.7. The van der Waals surface area contributed by atoms with E-state index in [2.05, 4.69) is 34.4 Å². The van der Waals surface area contributed by atoms with Gasteiger partial charge in [0.1, 0.15) is 0 Å². The van der Waals surface area contributed by atoms with Crippen LogP contribution in [0.5, 0.6) is 0 Å². The SMILES string of the molecule is CC(C)c1ccc(NC(=O)CSc2nc3ccc(NC(=O)CSc4nc5ccc(N)cc5s4)cc3s2)cc1. The summed E-state index contributed by atoms with van der Waals surface area (Å²) in [7, 11) is 0. The second-order valence-electron chi connectivity index (χ2n) is 8.82. The Bertz CT molecular complexity index is 1610. The molecule has 0 aliphatic carbocycles. The molecule has 2 heterocycles. The van der Waals surface area contributed by atoms with Crippen LogP contribution in [0, 0.1) is 0 Å². The van der Waals surface area contributed by atoms with E-state index in [9.17, 15) is 9.59 Å². The maximum atomic E-state index is 12.5. The number of hydrogen-bond acceptors (Lipinski definition) is 9. The molecule has 4 N–H and O–H groups in total. The van der Waals surface area contributed by atoms with Crippen molar-refractivity contribution < 1.29 is 9.59 Å². The molecule has 0 fully saturated rings. The topological polar surface area (TPSA) is 110 Å². The predicted molar refractivity (Wildman–Crippen MR) is 163 cm³/mol. The Hall–Kier alpha value is -3.12. The Morgan fingerprint density at radius 1 is 0.789 bits per heavy atom. The number of aromatic nitrogens is 2. The number of benzene rings is 3. The van der Waals surface area contributed by atoms with Gasteiger partial charge in [-0.25, -0.2) is 9.97 Å². The Labute approximate surface area is 236 Å². The second-order valence-corrected chi connectivity index (χ2v) is 13.3. The summed E-state index contributed by atoms with van der Waals surface area (Å²) in [5.74, 6) is 0.795. The predicted octanol–water partition coefficient (Wildman–Crippen LogP) is 7.07. The Kier molecular flexibility index (Phi) is 8.18. The number of carbonyl (C=O) groups is 2. The van der Waals surface area contributed by atoms with E-state index in [1.54, 1.807) is 0 Å². The van der Waals surface area contributed by atoms with Crippen molar-refractivity contribution in [3.8, 4) is 0 Å². The molecule has 0 bridgehead atoms. The van der Waals surface area contributed by atoms with Gasteiger partial charge in [0, 0.05) is 17.1 Å². The molecule has 0 saturated carbocycles. The van der Waals surface area contributed by atoms with Gasteiger partial charge in [-0.2, -0.15) is 0 Å². The van der Waals surface area contributed by atoms with Crippen LogP contribution >= 0.6 is 46.2 Å². The van der Waals surface area contributed by atoms with E-state index in [1.807, 2.05) is 60.7 Å². The number of fused-ring (bicyclic) bond motifs is 2. The van der Waals surface area contributed by atoms with Gasteiger partial charge in [-0.1, -0.05) is 49.5 Å². The highest BCUT2D eigenvalue weighted by atomic mass is 32.2. The molecule has 2 aromatic heterocycles. The van der Waals surface area contributed by atoms with E-state index in [0.717, 1.165) is 34.8 Å². The van der Waals surface area contributed by atoms with Crippen LogP contribution in [0.15, 0.2) is 69.3 Å². The number of nitrogens with one attached hydrogen (secondary N) is 2. The van der Waals surface area contributed by atoms with E-state index >= 15 is 0 Å². The van der Waals surface area contributed by atoms with Gasteiger partial charge in [-0.3, -0.25) is 9.59 Å². The minimum Gasteiger partial charge on any atom is -0.399 e. The molecule has 3 aromatic carbocycles. The number of amides is 2. The summed E-state index contributed by atoms with van der Waals surface area (Å²) in [4.78, 5) is 34.1. The molecule has 0 atom stereocenters. The number of thiazole rings is 2. The number of thioether (sulfide) groups is 2. The first-order valence-corrected chi connectivity index (χ1v) is 15.4. The minimum absolute atomic E-state index is 0.0754. The summed E-state index contributed by atoms with van der Waals surface area (Å²) in [5.41, 5.74) is 11.0. The van der Waals surface area contributed by atoms with Crippen LogP contribution in [-0.4, -0.2) is 33.3 Å². The maximum absolute atomic E-state index is 12.5. The quantitative estimate of drug-likeness (QED) is 0.126. The largest absolute Gasteiger partial charge is 0.399 e. The summed E-state index contributed by atoms with van der Waals surface area (Å²) in [5, 5.41) is 5.88. The van der Waals surface area contributed by atoms with Crippen LogP contribution in [0.25, 0.3) is 20.4 Å². The molecule has 0 radical (unpaired) electrons. The third-order valence-corrected chi connectivity index (χ3v) is 9.88. The number of nitrogens with zero attached hydrogens (tertiary/aromatic N) is 2. The average Bonchev–Trinajstić information content (AvgIpc) is 3.49. The highest BCUT2D eigenvalue weighted by Crippen LogP contribution is 2.33. The van der Waals surface area contributed by atoms with Crippen LogP contribution < -0.4 is 16.4 Å². The van der Waals surface area contributed by atoms with E-state index in [4.69, 9.17) is 5.73 Å². The summed E-state index contributed by atoms with van der Waals surface area (Å²) in [6.45, 7) is 4.28. The van der Waals surface area contributed by atoms with Gasteiger partial charge in [0.25, 0.3) is 0 Å². The van der Waals surface area contributed by atoms with Crippen LogP contribution in [0.1, 0.15) is 25.3 Å². The van der Waals surface area contributed by atoms with E-state index in [0.29, 0.717) is 17.3 Å². The third kappa shape index (κ3) is 6.65. The molecule has 38 heavy (non-hydrogen) atoms. The van der Waals surface area contributed by atoms with Crippen LogP contribution in [-0.2, 0) is 9.59 Å². The van der Waals surface area contributed by atoms with Crippen LogP contribution in [0.2, 0.25) is 0 Å². The lowest BCUT2D eigenvalue weighted by Gasteiger charge is -2.08. The monoisotopic (exact) mass is 579 g/mol. The fourth-order valence-electron chi connectivity index (χ4n) is 3.62. The van der Waals surface area contributed by atoms with Gasteiger partial charge >= 0.3 is 0 Å². The molecule has 5 aromatic rings. The first-order chi connectivity index (χ1) is 18.3. The average molecular weight is 580 g/mol. The Morgan fingerprint density at radius 2 is 1.32 bits per heavy atom. The van der Waals surface area contributed by atoms with Gasteiger partial charge < -0.3 is 16.4 Å². The molecule has 0 aliphatic rings. The van der Waals surface area contributed by atoms with Crippen molar-refractivity contribution in [1.82, 2.24) is 9.97 Å². The first-order valence-electron chi connectivity index (χ1n) is 11.8. The molecule has 194 valence electrons. The molecular weight excluding hydrogens is 555 g/mol. The van der Waals surface area contributed by atoms with Crippen molar-refractivity contribution >= 4 is 95.5 Å². The first kappa shape index (κ1) is 26.5. The number of nitrogen functional groups attached to an aromatic ring is 1. The van der Waals surface area contributed by atoms with Gasteiger partial charge in [-0.05, 0) is 60.0 Å². The lowest BCUT2D eigenvalue weighted by atomic mass is 10.0. The lowest BCUT2D eigenvalue weighted by Crippen LogP contribution is -2.13. The van der Waals surface area contributed by atoms with Crippen molar-refractivity contribution in [3.63, 3.8) is 0 Å². The lowest BCUT2D eigenvalue weighted by molar-refractivity contribution is -0.114. The molecule has 0 unspecified atom stereocenters. The molecular formula is C27H25N5O2S4. The molecule has 0 aliphatic heterocycles. The normalized spacial score (nSPS) is 11.3. The van der Waals surface area contributed by atoms with Gasteiger partial charge in [0.05, 0.1) is 31.9 Å². The molecule has 0 saturated heterocycles. The molecule has 2 amide bonds. The van der Waals surface area contributed by atoms with Crippen LogP contribution in [0.3, 0.4) is 0 Å². The fraction of sp³-hybridized carbons (Fsp3) is 0.185. The van der Waals surface area contributed by atoms with Crippen molar-refractivity contribution in [2.45, 2.75) is 28.4 Å². The minimum atomic E-state index is -0.106. The van der Waals surface area contributed by atoms with Gasteiger partial charge in [0.15, 0.2) is 8.68 Å². The maximum Gasteiger partial charge on any atom is 0.234 e. The molecule has 0 spiro atoms. The summed E-state index contributed by atoms with van der Waals surface area (Å²) in [6.07, 6.45) is 0.